The van der Waals surface area contributed by atoms with Crippen molar-refractivity contribution in [1.29, 1.82) is 0 Å². The van der Waals surface area contributed by atoms with Crippen LogP contribution >= 0.6 is 0 Å². The molecule has 0 aromatic rings. The SMILES string of the molecule is C[C@@H]1[C@@H](N)C[C@@H](C)C(C)(C)[C@H]1C. The van der Waals surface area contributed by atoms with E-state index in [9.17, 15) is 0 Å². The maximum Gasteiger partial charge on any atom is 0.00700 e. The van der Waals surface area contributed by atoms with Crippen molar-refractivity contribution >= 4 is 0 Å². The average Bonchev–Trinajstić information content (AvgIpc) is 1.99. The van der Waals surface area contributed by atoms with Crippen LogP contribution in [0.2, 0.25) is 0 Å². The van der Waals surface area contributed by atoms with Crippen LogP contribution in [0.5, 0.6) is 0 Å². The zero-order valence-corrected chi connectivity index (χ0v) is 9.09. The fourth-order valence-electron chi connectivity index (χ4n) is 2.42. The van der Waals surface area contributed by atoms with Crippen molar-refractivity contribution in [1.82, 2.24) is 0 Å². The molecule has 0 spiro atoms. The molecule has 12 heavy (non-hydrogen) atoms. The minimum absolute atomic E-state index is 0.419. The molecule has 0 aromatic heterocycles. The molecule has 1 heteroatoms. The van der Waals surface area contributed by atoms with Gasteiger partial charge in [0.2, 0.25) is 0 Å². The lowest BCUT2D eigenvalue weighted by molar-refractivity contribution is 0.0263. The van der Waals surface area contributed by atoms with Gasteiger partial charge in [-0.15, -0.1) is 0 Å². The molecule has 0 bridgehead atoms. The van der Waals surface area contributed by atoms with E-state index < -0.39 is 0 Å². The van der Waals surface area contributed by atoms with E-state index in [0.717, 1.165) is 11.8 Å². The minimum atomic E-state index is 0.419. The van der Waals surface area contributed by atoms with Crippen LogP contribution in [0.25, 0.3) is 0 Å². The van der Waals surface area contributed by atoms with Crippen molar-refractivity contribution in [3.05, 3.63) is 0 Å². The summed E-state index contributed by atoms with van der Waals surface area (Å²) in [7, 11) is 0. The van der Waals surface area contributed by atoms with E-state index in [-0.39, 0.29) is 0 Å². The molecule has 1 rings (SSSR count). The van der Waals surface area contributed by atoms with Crippen molar-refractivity contribution in [2.75, 3.05) is 0 Å². The van der Waals surface area contributed by atoms with Gasteiger partial charge in [-0.3, -0.25) is 0 Å². The Bertz CT molecular complexity index is 162. The molecule has 1 nitrogen and oxygen atoms in total. The van der Waals surface area contributed by atoms with E-state index in [4.69, 9.17) is 5.73 Å². The maximum absolute atomic E-state index is 6.08. The first-order valence-electron chi connectivity index (χ1n) is 5.13. The van der Waals surface area contributed by atoms with Gasteiger partial charge in [-0.1, -0.05) is 34.6 Å². The first-order chi connectivity index (χ1) is 5.37. The Morgan fingerprint density at radius 2 is 1.67 bits per heavy atom. The molecule has 0 aromatic carbocycles. The molecule has 1 aliphatic rings. The van der Waals surface area contributed by atoms with E-state index >= 15 is 0 Å². The monoisotopic (exact) mass is 169 g/mol. The van der Waals surface area contributed by atoms with Crippen LogP contribution in [0.15, 0.2) is 0 Å². The molecule has 1 aliphatic carbocycles. The van der Waals surface area contributed by atoms with Crippen molar-refractivity contribution in [2.24, 2.45) is 28.9 Å². The number of rotatable bonds is 0. The highest BCUT2D eigenvalue weighted by atomic mass is 14.7. The van der Waals surface area contributed by atoms with Crippen LogP contribution in [0.3, 0.4) is 0 Å². The second kappa shape index (κ2) is 3.02. The predicted octanol–water partition coefficient (Wildman–Crippen LogP) is 2.65. The van der Waals surface area contributed by atoms with Crippen LogP contribution in [0.1, 0.15) is 41.0 Å². The summed E-state index contributed by atoms with van der Waals surface area (Å²) in [4.78, 5) is 0. The summed E-state index contributed by atoms with van der Waals surface area (Å²) in [5.41, 5.74) is 6.55. The van der Waals surface area contributed by atoms with Crippen LogP contribution in [-0.4, -0.2) is 6.04 Å². The largest absolute Gasteiger partial charge is 0.327 e. The Hall–Kier alpha value is -0.0400. The van der Waals surface area contributed by atoms with E-state index in [2.05, 4.69) is 34.6 Å². The third-order valence-corrected chi connectivity index (χ3v) is 4.53. The summed E-state index contributed by atoms with van der Waals surface area (Å²) < 4.78 is 0. The summed E-state index contributed by atoms with van der Waals surface area (Å²) in [6, 6.07) is 0.419. The highest BCUT2D eigenvalue weighted by Gasteiger charge is 2.42. The fraction of sp³-hybridized carbons (Fsp3) is 1.00. The molecule has 0 saturated heterocycles. The summed E-state index contributed by atoms with van der Waals surface area (Å²) in [5.74, 6) is 2.19. The lowest BCUT2D eigenvalue weighted by Crippen LogP contribution is -2.48. The summed E-state index contributed by atoms with van der Waals surface area (Å²) in [6.07, 6.45) is 1.19. The normalized spacial score (nSPS) is 47.5. The number of hydrogen-bond donors (Lipinski definition) is 1. The number of hydrogen-bond acceptors (Lipinski definition) is 1. The van der Waals surface area contributed by atoms with Gasteiger partial charge in [-0.05, 0) is 29.6 Å². The van der Waals surface area contributed by atoms with Crippen LogP contribution < -0.4 is 5.73 Å². The Morgan fingerprint density at radius 1 is 1.17 bits per heavy atom. The molecule has 0 aliphatic heterocycles. The summed E-state index contributed by atoms with van der Waals surface area (Å²) >= 11 is 0. The molecular weight excluding hydrogens is 146 g/mol. The maximum atomic E-state index is 6.08. The second-order valence-corrected chi connectivity index (χ2v) is 5.27. The van der Waals surface area contributed by atoms with Crippen molar-refractivity contribution in [3.63, 3.8) is 0 Å². The van der Waals surface area contributed by atoms with Crippen LogP contribution in [0, 0.1) is 23.2 Å². The van der Waals surface area contributed by atoms with E-state index in [0.29, 0.717) is 17.4 Å². The van der Waals surface area contributed by atoms with Gasteiger partial charge in [-0.2, -0.15) is 0 Å². The standard InChI is InChI=1S/C11H23N/c1-7-6-10(12)8(2)9(3)11(7,4)5/h7-10H,6,12H2,1-5H3/t7-,8+,9+,10+/m1/s1. The first kappa shape index (κ1) is 10.0. The predicted molar refractivity (Wildman–Crippen MR) is 53.9 cm³/mol. The Balaban J connectivity index is 2.80. The molecule has 1 fully saturated rings. The molecular formula is C11H23N. The molecule has 72 valence electrons. The van der Waals surface area contributed by atoms with E-state index in [1.165, 1.54) is 6.42 Å². The lowest BCUT2D eigenvalue weighted by Gasteiger charge is -2.48. The highest BCUT2D eigenvalue weighted by molar-refractivity contribution is 4.93. The molecule has 0 radical (unpaired) electrons. The van der Waals surface area contributed by atoms with Gasteiger partial charge in [0.25, 0.3) is 0 Å². The number of nitrogens with two attached hydrogens (primary N) is 1. The lowest BCUT2D eigenvalue weighted by atomic mass is 9.58. The average molecular weight is 169 g/mol. The highest BCUT2D eigenvalue weighted by Crippen LogP contribution is 2.46. The van der Waals surface area contributed by atoms with Gasteiger partial charge in [0.1, 0.15) is 0 Å². The van der Waals surface area contributed by atoms with Gasteiger partial charge in [0.05, 0.1) is 0 Å². The van der Waals surface area contributed by atoms with Crippen LogP contribution in [0.4, 0.5) is 0 Å². The zero-order valence-electron chi connectivity index (χ0n) is 9.09. The second-order valence-electron chi connectivity index (χ2n) is 5.27. The molecule has 0 amide bonds. The third-order valence-electron chi connectivity index (χ3n) is 4.53. The topological polar surface area (TPSA) is 26.0 Å². The molecule has 1 saturated carbocycles. The van der Waals surface area contributed by atoms with Gasteiger partial charge in [0.15, 0.2) is 0 Å². The fourth-order valence-corrected chi connectivity index (χ4v) is 2.42. The molecule has 4 atom stereocenters. The third kappa shape index (κ3) is 1.39. The Labute approximate surface area is 76.7 Å². The van der Waals surface area contributed by atoms with Gasteiger partial charge < -0.3 is 5.73 Å². The zero-order chi connectivity index (χ0) is 9.52. The quantitative estimate of drug-likeness (QED) is 0.593. The van der Waals surface area contributed by atoms with Crippen molar-refractivity contribution in [2.45, 2.75) is 47.1 Å². The molecule has 0 unspecified atom stereocenters. The minimum Gasteiger partial charge on any atom is -0.327 e. The molecule has 2 N–H and O–H groups in total. The summed E-state index contributed by atoms with van der Waals surface area (Å²) in [6.45, 7) is 11.7. The smallest absolute Gasteiger partial charge is 0.00700 e. The van der Waals surface area contributed by atoms with Crippen molar-refractivity contribution in [3.8, 4) is 0 Å². The Kier molecular flexibility index (Phi) is 2.53. The molecule has 0 heterocycles. The van der Waals surface area contributed by atoms with Crippen LogP contribution in [-0.2, 0) is 0 Å². The Morgan fingerprint density at radius 3 is 2.17 bits per heavy atom. The van der Waals surface area contributed by atoms with E-state index in [1.807, 2.05) is 0 Å². The first-order valence-corrected chi connectivity index (χ1v) is 5.13. The van der Waals surface area contributed by atoms with Gasteiger partial charge in [0, 0.05) is 6.04 Å². The summed E-state index contributed by atoms with van der Waals surface area (Å²) in [5, 5.41) is 0. The van der Waals surface area contributed by atoms with Gasteiger partial charge in [-0.25, -0.2) is 0 Å². The van der Waals surface area contributed by atoms with Crippen molar-refractivity contribution < 1.29 is 0 Å². The van der Waals surface area contributed by atoms with E-state index in [1.54, 1.807) is 0 Å². The van der Waals surface area contributed by atoms with Gasteiger partial charge >= 0.3 is 0 Å².